The van der Waals surface area contributed by atoms with E-state index in [1.165, 1.54) is 6.07 Å². The van der Waals surface area contributed by atoms with Gasteiger partial charge in [-0.25, -0.2) is 15.2 Å². The van der Waals surface area contributed by atoms with Crippen LogP contribution >= 0.6 is 0 Å². The molecule has 1 aromatic rings. The summed E-state index contributed by atoms with van der Waals surface area (Å²) in [7, 11) is 0. The molecule has 1 aromatic carbocycles. The maximum atomic E-state index is 13.3. The number of aldehydes is 1. The molecule has 0 aliphatic carbocycles. The maximum Gasteiger partial charge on any atom is 0.138 e. The largest absolute Gasteiger partial charge is 0.302 e. The van der Waals surface area contributed by atoms with E-state index in [0.717, 1.165) is 6.29 Å². The molecule has 0 saturated carbocycles. The van der Waals surface area contributed by atoms with Gasteiger partial charge >= 0.3 is 0 Å². The topological polar surface area (TPSA) is 41.1 Å². The summed E-state index contributed by atoms with van der Waals surface area (Å²) in [4.78, 5) is 10.5. The minimum absolute atomic E-state index is 0.119. The minimum atomic E-state index is -0.238. The molecule has 0 spiro atoms. The van der Waals surface area contributed by atoms with Crippen molar-refractivity contribution in [2.75, 3.05) is 0 Å². The van der Waals surface area contributed by atoms with E-state index >= 15 is 0 Å². The van der Waals surface area contributed by atoms with Crippen LogP contribution in [0, 0.1) is 5.82 Å². The van der Waals surface area contributed by atoms with Crippen molar-refractivity contribution in [3.05, 3.63) is 35.6 Å². The molecule has 14 heavy (non-hydrogen) atoms. The van der Waals surface area contributed by atoms with Crippen LogP contribution in [-0.4, -0.2) is 12.3 Å². The number of hydrogen-bond acceptors (Lipinski definition) is 3. The first-order valence-corrected chi connectivity index (χ1v) is 4.52. The molecule has 1 fully saturated rings. The van der Waals surface area contributed by atoms with Crippen molar-refractivity contribution in [3.8, 4) is 0 Å². The molecule has 2 rings (SSSR count). The van der Waals surface area contributed by atoms with Crippen molar-refractivity contribution in [3.63, 3.8) is 0 Å². The summed E-state index contributed by atoms with van der Waals surface area (Å²) in [5.74, 6) is -0.238. The first-order valence-electron chi connectivity index (χ1n) is 4.52. The van der Waals surface area contributed by atoms with E-state index in [1.807, 2.05) is 0 Å². The summed E-state index contributed by atoms with van der Waals surface area (Å²) < 4.78 is 13.3. The fourth-order valence-electron chi connectivity index (χ4n) is 1.63. The van der Waals surface area contributed by atoms with Crippen LogP contribution in [0.2, 0.25) is 0 Å². The maximum absolute atomic E-state index is 13.3. The molecule has 1 aliphatic rings. The van der Waals surface area contributed by atoms with Crippen molar-refractivity contribution in [2.45, 2.75) is 18.5 Å². The second-order valence-corrected chi connectivity index (χ2v) is 3.34. The molecule has 4 heteroatoms. The van der Waals surface area contributed by atoms with Crippen molar-refractivity contribution < 1.29 is 9.18 Å². The van der Waals surface area contributed by atoms with Crippen molar-refractivity contribution in [1.82, 2.24) is 10.9 Å². The smallest absolute Gasteiger partial charge is 0.138 e. The highest BCUT2D eigenvalue weighted by molar-refractivity contribution is 5.58. The zero-order valence-corrected chi connectivity index (χ0v) is 7.53. The number of carbonyl (C=O) groups is 1. The lowest BCUT2D eigenvalue weighted by atomic mass is 10.0. The van der Waals surface area contributed by atoms with Crippen molar-refractivity contribution in [2.24, 2.45) is 0 Å². The van der Waals surface area contributed by atoms with Crippen molar-refractivity contribution >= 4 is 6.29 Å². The second-order valence-electron chi connectivity index (χ2n) is 3.34. The predicted octanol–water partition coefficient (Wildman–Crippen LogP) is 0.932. The molecule has 2 N–H and O–H groups in total. The molecule has 1 heterocycles. The van der Waals surface area contributed by atoms with Gasteiger partial charge < -0.3 is 4.79 Å². The molecule has 0 amide bonds. The zero-order valence-electron chi connectivity index (χ0n) is 7.53. The average Bonchev–Trinajstić information content (AvgIpc) is 2.67. The van der Waals surface area contributed by atoms with Crippen LogP contribution in [-0.2, 0) is 4.79 Å². The highest BCUT2D eigenvalue weighted by atomic mass is 19.1. The Morgan fingerprint density at radius 1 is 1.36 bits per heavy atom. The Bertz CT molecular complexity index is 343. The number of benzene rings is 1. The summed E-state index contributed by atoms with van der Waals surface area (Å²) >= 11 is 0. The van der Waals surface area contributed by atoms with Crippen LogP contribution in [0.1, 0.15) is 18.0 Å². The van der Waals surface area contributed by atoms with Gasteiger partial charge in [0.25, 0.3) is 0 Å². The van der Waals surface area contributed by atoms with Gasteiger partial charge in [-0.3, -0.25) is 0 Å². The van der Waals surface area contributed by atoms with Crippen LogP contribution in [0.4, 0.5) is 4.39 Å². The number of hydrogen-bond donors (Lipinski definition) is 2. The Morgan fingerprint density at radius 3 is 2.79 bits per heavy atom. The predicted molar refractivity (Wildman–Crippen MR) is 49.9 cm³/mol. The fourth-order valence-corrected chi connectivity index (χ4v) is 1.63. The third-order valence-corrected chi connectivity index (χ3v) is 2.38. The number of hydrazine groups is 1. The Hall–Kier alpha value is -1.26. The first-order chi connectivity index (χ1) is 6.81. The molecule has 0 radical (unpaired) electrons. The van der Waals surface area contributed by atoms with E-state index in [2.05, 4.69) is 10.9 Å². The van der Waals surface area contributed by atoms with Crippen LogP contribution < -0.4 is 10.9 Å². The van der Waals surface area contributed by atoms with Crippen molar-refractivity contribution in [1.29, 1.82) is 0 Å². The van der Waals surface area contributed by atoms with Gasteiger partial charge in [0.15, 0.2) is 0 Å². The standard InChI is InChI=1S/C10H11FN2O/c11-9-4-2-1-3-8(9)10-5-7(6-14)12-13-10/h1-4,6-7,10,12-13H,5H2. The molecule has 0 aromatic heterocycles. The lowest BCUT2D eigenvalue weighted by Gasteiger charge is -2.09. The Morgan fingerprint density at radius 2 is 2.14 bits per heavy atom. The lowest BCUT2D eigenvalue weighted by Crippen LogP contribution is -2.31. The molecule has 0 bridgehead atoms. The van der Waals surface area contributed by atoms with Gasteiger partial charge in [0, 0.05) is 5.56 Å². The number of rotatable bonds is 2. The fraction of sp³-hybridized carbons (Fsp3) is 0.300. The molecule has 3 nitrogen and oxygen atoms in total. The van der Waals surface area contributed by atoms with Gasteiger partial charge in [-0.05, 0) is 12.5 Å². The van der Waals surface area contributed by atoms with Gasteiger partial charge in [-0.15, -0.1) is 0 Å². The number of halogens is 1. The molecule has 2 unspecified atom stereocenters. The van der Waals surface area contributed by atoms with E-state index in [0.29, 0.717) is 12.0 Å². The van der Waals surface area contributed by atoms with Gasteiger partial charge in [0.1, 0.15) is 12.1 Å². The molecule has 1 saturated heterocycles. The van der Waals surface area contributed by atoms with Gasteiger partial charge in [0.05, 0.1) is 12.1 Å². The van der Waals surface area contributed by atoms with Gasteiger partial charge in [-0.1, -0.05) is 18.2 Å². The van der Waals surface area contributed by atoms with E-state index < -0.39 is 0 Å². The highest BCUT2D eigenvalue weighted by Gasteiger charge is 2.25. The quantitative estimate of drug-likeness (QED) is 0.688. The Kier molecular flexibility index (Phi) is 2.56. The Balaban J connectivity index is 2.17. The first kappa shape index (κ1) is 9.30. The van der Waals surface area contributed by atoms with E-state index in [1.54, 1.807) is 18.2 Å². The molecule has 74 valence electrons. The summed E-state index contributed by atoms with van der Waals surface area (Å²) in [5, 5.41) is 0. The van der Waals surface area contributed by atoms with E-state index in [4.69, 9.17) is 0 Å². The molecular formula is C10H11FN2O. The van der Waals surface area contributed by atoms with Gasteiger partial charge in [-0.2, -0.15) is 0 Å². The summed E-state index contributed by atoms with van der Waals surface area (Å²) in [6.07, 6.45) is 1.41. The highest BCUT2D eigenvalue weighted by Crippen LogP contribution is 2.23. The zero-order chi connectivity index (χ0) is 9.97. The summed E-state index contributed by atoms with van der Waals surface area (Å²) in [6, 6.07) is 6.24. The molecule has 2 atom stereocenters. The van der Waals surface area contributed by atoms with E-state index in [9.17, 15) is 9.18 Å². The van der Waals surface area contributed by atoms with Crippen LogP contribution in [0.3, 0.4) is 0 Å². The minimum Gasteiger partial charge on any atom is -0.302 e. The normalized spacial score (nSPS) is 26.4. The van der Waals surface area contributed by atoms with Crippen LogP contribution in [0.5, 0.6) is 0 Å². The molecule has 1 aliphatic heterocycles. The second kappa shape index (κ2) is 3.86. The third-order valence-electron chi connectivity index (χ3n) is 2.38. The van der Waals surface area contributed by atoms with Gasteiger partial charge in [0.2, 0.25) is 0 Å². The summed E-state index contributed by atoms with van der Waals surface area (Å²) in [6.45, 7) is 0. The lowest BCUT2D eigenvalue weighted by molar-refractivity contribution is -0.109. The van der Waals surface area contributed by atoms with Crippen LogP contribution in [0.15, 0.2) is 24.3 Å². The Labute approximate surface area is 81.3 Å². The third kappa shape index (κ3) is 1.66. The number of nitrogens with one attached hydrogen (secondary N) is 2. The van der Waals surface area contributed by atoms with E-state index in [-0.39, 0.29) is 17.9 Å². The summed E-state index contributed by atoms with van der Waals surface area (Å²) in [5.41, 5.74) is 6.29. The number of carbonyl (C=O) groups excluding carboxylic acids is 1. The van der Waals surface area contributed by atoms with Crippen LogP contribution in [0.25, 0.3) is 0 Å². The SMILES string of the molecule is O=CC1CC(c2ccccc2F)NN1. The monoisotopic (exact) mass is 194 g/mol. The average molecular weight is 194 g/mol. The molecular weight excluding hydrogens is 183 g/mol.